The van der Waals surface area contributed by atoms with Crippen LogP contribution in [-0.2, 0) is 9.53 Å². The van der Waals surface area contributed by atoms with Crippen LogP contribution < -0.4 is 15.5 Å². The molecule has 3 aliphatic heterocycles. The molecule has 2 N–H and O–H groups in total. The molecule has 14 heteroatoms. The monoisotopic (exact) mass is 637 g/mol. The number of nitrogens with zero attached hydrogens (tertiary/aromatic N) is 7. The van der Waals surface area contributed by atoms with E-state index in [0.29, 0.717) is 60.7 Å². The van der Waals surface area contributed by atoms with Crippen LogP contribution in [0.1, 0.15) is 30.9 Å². The van der Waals surface area contributed by atoms with Crippen LogP contribution in [0.3, 0.4) is 0 Å². The van der Waals surface area contributed by atoms with E-state index in [-0.39, 0.29) is 17.6 Å². The van der Waals surface area contributed by atoms with Gasteiger partial charge in [-0.1, -0.05) is 18.2 Å². The number of anilines is 3. The van der Waals surface area contributed by atoms with Crippen LogP contribution in [0.25, 0.3) is 28.0 Å². The highest BCUT2D eigenvalue weighted by molar-refractivity contribution is 5.93. The van der Waals surface area contributed by atoms with Crippen LogP contribution in [-0.4, -0.2) is 73.9 Å². The highest BCUT2D eigenvalue weighted by atomic mass is 19.1. The van der Waals surface area contributed by atoms with Gasteiger partial charge < -0.3 is 19.9 Å². The Labute approximate surface area is 267 Å². The molecule has 238 valence electrons. The van der Waals surface area contributed by atoms with Gasteiger partial charge in [0.05, 0.1) is 23.0 Å². The third kappa shape index (κ3) is 5.05. The minimum Gasteiger partial charge on any atom is -0.441 e. The van der Waals surface area contributed by atoms with Gasteiger partial charge >= 0.3 is 6.09 Å². The first kappa shape index (κ1) is 28.8. The number of rotatable bonds is 2. The molecule has 0 spiro atoms. The standard InChI is InChI=1S/C33H29F2N9O3/c1-42-12-4-8-27-29-20(5-2-7-24(29)41-33(46)47-27)23-6-3-9-28(40-23)39-19-14-26(32(42)45)43(16-19)30-21-15-38-44(31(21)37-17-36-30)25-11-10-18(34)13-22(25)35/h2-3,5-7,9-11,13,15,17,19,26-27H,4,8,12,14,16H2,1H3,(H,39,40)(H,41,46)/t19-,26-,27+/m0/s1. The van der Waals surface area contributed by atoms with E-state index < -0.39 is 29.9 Å². The topological polar surface area (TPSA) is 130 Å². The molecule has 6 heterocycles. The molecule has 2 amide bonds. The van der Waals surface area contributed by atoms with Crippen molar-refractivity contribution in [3.8, 4) is 16.9 Å². The summed E-state index contributed by atoms with van der Waals surface area (Å²) in [5.74, 6) is -0.470. The van der Waals surface area contributed by atoms with Gasteiger partial charge in [0.2, 0.25) is 5.91 Å². The summed E-state index contributed by atoms with van der Waals surface area (Å²) in [5.41, 5.74) is 3.50. The quantitative estimate of drug-likeness (QED) is 0.273. The van der Waals surface area contributed by atoms with E-state index in [1.807, 2.05) is 41.3 Å². The van der Waals surface area contributed by atoms with Gasteiger partial charge in [0, 0.05) is 43.4 Å². The maximum atomic E-state index is 14.7. The van der Waals surface area contributed by atoms with Crippen molar-refractivity contribution in [2.24, 2.45) is 0 Å². The predicted octanol–water partition coefficient (Wildman–Crippen LogP) is 5.07. The summed E-state index contributed by atoms with van der Waals surface area (Å²) < 4.78 is 35.4. The molecule has 3 aliphatic rings. The molecule has 0 unspecified atom stereocenters. The second-order valence-corrected chi connectivity index (χ2v) is 11.9. The summed E-state index contributed by atoms with van der Waals surface area (Å²) in [4.78, 5) is 44.0. The molecule has 5 aromatic rings. The molecule has 8 rings (SSSR count). The van der Waals surface area contributed by atoms with Crippen LogP contribution in [0.5, 0.6) is 0 Å². The Morgan fingerprint density at radius 3 is 2.79 bits per heavy atom. The molecule has 3 atom stereocenters. The van der Waals surface area contributed by atoms with E-state index >= 15 is 0 Å². The number of fused-ring (bicyclic) bond motifs is 6. The molecule has 3 aromatic heterocycles. The van der Waals surface area contributed by atoms with Gasteiger partial charge in [-0.3, -0.25) is 10.1 Å². The van der Waals surface area contributed by atoms with E-state index in [9.17, 15) is 18.4 Å². The molecule has 0 aliphatic carbocycles. The summed E-state index contributed by atoms with van der Waals surface area (Å²) in [7, 11) is 1.77. The van der Waals surface area contributed by atoms with Gasteiger partial charge in [-0.25, -0.2) is 33.2 Å². The zero-order valence-corrected chi connectivity index (χ0v) is 25.2. The average molecular weight is 638 g/mol. The zero-order chi connectivity index (χ0) is 32.2. The lowest BCUT2D eigenvalue weighted by Gasteiger charge is -2.30. The van der Waals surface area contributed by atoms with Crippen molar-refractivity contribution >= 4 is 40.4 Å². The number of ether oxygens (including phenoxy) is 1. The highest BCUT2D eigenvalue weighted by Gasteiger charge is 2.40. The van der Waals surface area contributed by atoms with Crippen LogP contribution >= 0.6 is 0 Å². The number of likely N-dealkylation sites (N-methyl/N-ethyl adjacent to an activating group) is 1. The fraction of sp³-hybridized carbons (Fsp3) is 0.273. The smallest absolute Gasteiger partial charge is 0.412 e. The molecule has 12 nitrogen and oxygen atoms in total. The van der Waals surface area contributed by atoms with E-state index in [1.165, 1.54) is 23.3 Å². The maximum Gasteiger partial charge on any atom is 0.412 e. The molecule has 2 aromatic carbocycles. The molecule has 1 fully saturated rings. The first-order chi connectivity index (χ1) is 22.8. The number of aromatic nitrogens is 5. The van der Waals surface area contributed by atoms with Crippen molar-refractivity contribution in [3.63, 3.8) is 0 Å². The lowest BCUT2D eigenvalue weighted by atomic mass is 9.93. The first-order valence-corrected chi connectivity index (χ1v) is 15.3. The number of nitrogens with one attached hydrogen (secondary N) is 2. The van der Waals surface area contributed by atoms with Crippen molar-refractivity contribution in [2.45, 2.75) is 37.5 Å². The van der Waals surface area contributed by atoms with Crippen LogP contribution in [0, 0.1) is 11.6 Å². The van der Waals surface area contributed by atoms with E-state index in [1.54, 1.807) is 11.9 Å². The molecule has 47 heavy (non-hydrogen) atoms. The van der Waals surface area contributed by atoms with Gasteiger partial charge in [-0.15, -0.1) is 0 Å². The maximum absolute atomic E-state index is 14.7. The zero-order valence-electron chi connectivity index (χ0n) is 25.2. The normalized spacial score (nSPS) is 21.0. The van der Waals surface area contributed by atoms with Gasteiger partial charge in [0.25, 0.3) is 0 Å². The number of hydrogen-bond acceptors (Lipinski definition) is 9. The summed E-state index contributed by atoms with van der Waals surface area (Å²) >= 11 is 0. The number of halogens is 2. The molecule has 0 saturated carbocycles. The molecular formula is C33H29F2N9O3. The third-order valence-electron chi connectivity index (χ3n) is 8.97. The van der Waals surface area contributed by atoms with Gasteiger partial charge in [0.15, 0.2) is 11.5 Å². The van der Waals surface area contributed by atoms with Crippen LogP contribution in [0.15, 0.2) is 67.1 Å². The van der Waals surface area contributed by atoms with Crippen molar-refractivity contribution in [1.29, 1.82) is 0 Å². The first-order valence-electron chi connectivity index (χ1n) is 15.3. The number of carbonyl (C=O) groups excluding carboxylic acids is 2. The minimum atomic E-state index is -0.781. The molecule has 0 radical (unpaired) electrons. The summed E-state index contributed by atoms with van der Waals surface area (Å²) in [6.07, 6.45) is 3.42. The van der Waals surface area contributed by atoms with Crippen molar-refractivity contribution in [2.75, 3.05) is 35.7 Å². The van der Waals surface area contributed by atoms with Crippen molar-refractivity contribution in [3.05, 3.63) is 84.3 Å². The molecular weight excluding hydrogens is 608 g/mol. The second-order valence-electron chi connectivity index (χ2n) is 11.9. The summed E-state index contributed by atoms with van der Waals surface area (Å²) in [5, 5.41) is 11.2. The second kappa shape index (κ2) is 11.3. The van der Waals surface area contributed by atoms with Crippen molar-refractivity contribution < 1.29 is 23.1 Å². The average Bonchev–Trinajstić information content (AvgIpc) is 3.68. The molecule has 4 bridgehead atoms. The Hall–Kier alpha value is -5.66. The number of amides is 2. The Bertz CT molecular complexity index is 2050. The van der Waals surface area contributed by atoms with E-state index in [0.717, 1.165) is 29.0 Å². The highest BCUT2D eigenvalue weighted by Crippen LogP contribution is 2.41. The lowest BCUT2D eigenvalue weighted by molar-refractivity contribution is -0.131. The van der Waals surface area contributed by atoms with E-state index in [4.69, 9.17) is 9.72 Å². The summed E-state index contributed by atoms with van der Waals surface area (Å²) in [6, 6.07) is 13.9. The number of benzene rings is 2. The number of hydrogen-bond donors (Lipinski definition) is 2. The van der Waals surface area contributed by atoms with E-state index in [2.05, 4.69) is 25.7 Å². The SMILES string of the molecule is CN1CCC[C@H]2OC(=O)Nc3cccc(c32)-c2cccc(n2)N[C@H]2C[C@@H](C1=O)N(c1ncnc3c1cnn3-c1ccc(F)cc1F)C2. The Morgan fingerprint density at radius 1 is 1.04 bits per heavy atom. The Morgan fingerprint density at radius 2 is 1.91 bits per heavy atom. The number of carbonyl (C=O) groups is 2. The lowest BCUT2D eigenvalue weighted by Crippen LogP contribution is -2.45. The fourth-order valence-electron chi connectivity index (χ4n) is 6.83. The van der Waals surface area contributed by atoms with Gasteiger partial charge in [-0.2, -0.15) is 5.10 Å². The number of pyridine rings is 1. The van der Waals surface area contributed by atoms with Crippen LogP contribution in [0.2, 0.25) is 0 Å². The summed E-state index contributed by atoms with van der Waals surface area (Å²) in [6.45, 7) is 0.855. The minimum absolute atomic E-state index is 0.0416. The molecule has 1 saturated heterocycles. The van der Waals surface area contributed by atoms with Gasteiger partial charge in [0.1, 0.15) is 41.6 Å². The van der Waals surface area contributed by atoms with Crippen LogP contribution in [0.4, 0.5) is 30.9 Å². The largest absolute Gasteiger partial charge is 0.441 e. The van der Waals surface area contributed by atoms with Crippen molar-refractivity contribution in [1.82, 2.24) is 29.6 Å². The van der Waals surface area contributed by atoms with Gasteiger partial charge in [-0.05, 0) is 49.6 Å². The fourth-order valence-corrected chi connectivity index (χ4v) is 6.83. The third-order valence-corrected chi connectivity index (χ3v) is 8.97. The predicted molar refractivity (Wildman–Crippen MR) is 169 cm³/mol. The Balaban J connectivity index is 1.18. The Kier molecular flexibility index (Phi) is 6.92.